The predicted molar refractivity (Wildman–Crippen MR) is 111 cm³/mol. The number of benzene rings is 1. The topological polar surface area (TPSA) is 88.0 Å². The number of fused-ring (bicyclic) bond motifs is 1. The van der Waals surface area contributed by atoms with Crippen LogP contribution in [0.25, 0.3) is 11.3 Å². The molecule has 3 aromatic rings. The fourth-order valence-corrected chi connectivity index (χ4v) is 3.26. The highest BCUT2D eigenvalue weighted by Crippen LogP contribution is 2.31. The highest BCUT2D eigenvalue weighted by Gasteiger charge is 2.16. The van der Waals surface area contributed by atoms with Gasteiger partial charge in [-0.3, -0.25) is 10.3 Å². The highest BCUT2D eigenvalue weighted by molar-refractivity contribution is 5.83. The van der Waals surface area contributed by atoms with Crippen molar-refractivity contribution in [3.8, 4) is 11.3 Å². The number of aryl methyl sites for hydroxylation is 1. The predicted octanol–water partition coefficient (Wildman–Crippen LogP) is 4.02. The Labute approximate surface area is 172 Å². The Morgan fingerprint density at radius 3 is 2.60 bits per heavy atom. The van der Waals surface area contributed by atoms with Crippen LogP contribution in [-0.4, -0.2) is 32.2 Å². The van der Waals surface area contributed by atoms with Gasteiger partial charge >= 0.3 is 0 Å². The maximum Gasteiger partial charge on any atom is 0.230 e. The number of nitrogens with one attached hydrogen (secondary N) is 2. The molecular formula is C21H21F2N7. The molecule has 0 radical (unpaired) electrons. The van der Waals surface area contributed by atoms with E-state index in [9.17, 15) is 8.78 Å². The van der Waals surface area contributed by atoms with Crippen LogP contribution in [0.15, 0.2) is 29.5 Å². The minimum Gasteiger partial charge on any atom is -0.312 e. The van der Waals surface area contributed by atoms with Crippen molar-refractivity contribution in [1.82, 2.24) is 25.3 Å². The molecule has 1 aliphatic rings. The molecule has 0 unspecified atom stereocenters. The van der Waals surface area contributed by atoms with E-state index >= 15 is 0 Å². The average molecular weight is 409 g/mol. The van der Waals surface area contributed by atoms with Crippen LogP contribution in [0.5, 0.6) is 0 Å². The largest absolute Gasteiger partial charge is 0.312 e. The first kappa shape index (κ1) is 20.0. The van der Waals surface area contributed by atoms with Crippen molar-refractivity contribution in [3.05, 3.63) is 53.0 Å². The number of hydrogen-bond acceptors (Lipinski definition) is 7. The summed E-state index contributed by atoms with van der Waals surface area (Å²) in [4.78, 5) is 21.2. The SMILES string of the molecule is CC(C)=Nc1c(C)cc(-c2nc(Nc3ncc4c(n3)CCNC4)ncc2F)cc1F. The van der Waals surface area contributed by atoms with Crippen molar-refractivity contribution in [2.45, 2.75) is 33.7 Å². The van der Waals surface area contributed by atoms with Crippen molar-refractivity contribution in [2.24, 2.45) is 4.99 Å². The molecule has 2 aromatic heterocycles. The van der Waals surface area contributed by atoms with E-state index in [1.165, 1.54) is 6.07 Å². The molecule has 1 aromatic carbocycles. The lowest BCUT2D eigenvalue weighted by Crippen LogP contribution is -2.25. The number of aromatic nitrogens is 4. The lowest BCUT2D eigenvalue weighted by molar-refractivity contribution is 0.616. The smallest absolute Gasteiger partial charge is 0.230 e. The number of halogens is 2. The summed E-state index contributed by atoms with van der Waals surface area (Å²) in [5.41, 5.74) is 3.84. The molecule has 30 heavy (non-hydrogen) atoms. The Kier molecular flexibility index (Phi) is 5.45. The number of nitrogens with zero attached hydrogens (tertiary/aromatic N) is 5. The van der Waals surface area contributed by atoms with Crippen LogP contribution in [0.1, 0.15) is 30.7 Å². The molecule has 0 amide bonds. The minimum absolute atomic E-state index is 0.0135. The summed E-state index contributed by atoms with van der Waals surface area (Å²) in [5, 5.41) is 6.17. The van der Waals surface area contributed by atoms with Gasteiger partial charge in [0.15, 0.2) is 5.82 Å². The average Bonchev–Trinajstić information content (AvgIpc) is 2.72. The molecule has 1 aliphatic heterocycles. The van der Waals surface area contributed by atoms with Crippen LogP contribution in [0.2, 0.25) is 0 Å². The first-order valence-electron chi connectivity index (χ1n) is 9.58. The quantitative estimate of drug-likeness (QED) is 0.633. The molecule has 0 saturated carbocycles. The van der Waals surface area contributed by atoms with E-state index < -0.39 is 11.6 Å². The Bertz CT molecular complexity index is 1120. The molecule has 0 fully saturated rings. The second-order valence-corrected chi connectivity index (χ2v) is 7.29. The van der Waals surface area contributed by atoms with Crippen LogP contribution in [0.4, 0.5) is 26.4 Å². The number of anilines is 2. The van der Waals surface area contributed by atoms with Crippen molar-refractivity contribution in [2.75, 3.05) is 11.9 Å². The molecule has 0 aliphatic carbocycles. The molecule has 7 nitrogen and oxygen atoms in total. The minimum atomic E-state index is -0.653. The third kappa shape index (κ3) is 4.16. The third-order valence-electron chi connectivity index (χ3n) is 4.64. The Morgan fingerprint density at radius 2 is 1.83 bits per heavy atom. The van der Waals surface area contributed by atoms with Gasteiger partial charge in [-0.05, 0) is 38.5 Å². The molecule has 2 N–H and O–H groups in total. The van der Waals surface area contributed by atoms with Crippen LogP contribution >= 0.6 is 0 Å². The first-order chi connectivity index (χ1) is 14.4. The highest BCUT2D eigenvalue weighted by atomic mass is 19.1. The standard InChI is InChI=1S/C21H21F2N7/c1-11(2)27-18-12(3)6-13(7-15(18)22)19-16(23)10-26-21(29-19)30-20-25-9-14-8-24-5-4-17(14)28-20/h6-7,9-10,24H,4-5,8H2,1-3H3,(H,25,26,28,29,30). The van der Waals surface area contributed by atoms with Crippen LogP contribution in [0.3, 0.4) is 0 Å². The number of aliphatic imine (C=N–C) groups is 1. The van der Waals surface area contributed by atoms with Gasteiger partial charge in [-0.25, -0.2) is 28.7 Å². The zero-order chi connectivity index (χ0) is 21.3. The molecule has 0 spiro atoms. The maximum absolute atomic E-state index is 14.6. The molecule has 0 atom stereocenters. The van der Waals surface area contributed by atoms with Gasteiger partial charge in [0.05, 0.1) is 11.9 Å². The summed E-state index contributed by atoms with van der Waals surface area (Å²) in [7, 11) is 0. The van der Waals surface area contributed by atoms with Gasteiger partial charge in [-0.1, -0.05) is 0 Å². The summed E-state index contributed by atoms with van der Waals surface area (Å²) >= 11 is 0. The molecule has 0 saturated heterocycles. The van der Waals surface area contributed by atoms with Gasteiger partial charge in [-0.15, -0.1) is 0 Å². The third-order valence-corrected chi connectivity index (χ3v) is 4.64. The van der Waals surface area contributed by atoms with E-state index in [0.29, 0.717) is 17.1 Å². The van der Waals surface area contributed by atoms with Gasteiger partial charge in [-0.2, -0.15) is 0 Å². The summed E-state index contributed by atoms with van der Waals surface area (Å²) in [6.07, 6.45) is 3.59. The van der Waals surface area contributed by atoms with Crippen molar-refractivity contribution < 1.29 is 8.78 Å². The van der Waals surface area contributed by atoms with Crippen molar-refractivity contribution in [1.29, 1.82) is 0 Å². The van der Waals surface area contributed by atoms with Crippen molar-refractivity contribution >= 4 is 23.3 Å². The Morgan fingerprint density at radius 1 is 1.07 bits per heavy atom. The maximum atomic E-state index is 14.6. The van der Waals surface area contributed by atoms with Gasteiger partial charge in [0.25, 0.3) is 0 Å². The zero-order valence-corrected chi connectivity index (χ0v) is 16.9. The van der Waals surface area contributed by atoms with E-state index in [1.54, 1.807) is 33.0 Å². The fraction of sp³-hybridized carbons (Fsp3) is 0.286. The van der Waals surface area contributed by atoms with E-state index in [2.05, 4.69) is 35.6 Å². The Balaban J connectivity index is 1.66. The van der Waals surface area contributed by atoms with Crippen LogP contribution < -0.4 is 10.6 Å². The summed E-state index contributed by atoms with van der Waals surface area (Å²) in [5.74, 6) is -0.728. The Hall–Kier alpha value is -3.33. The van der Waals surface area contributed by atoms with Gasteiger partial charge in [0, 0.05) is 42.5 Å². The van der Waals surface area contributed by atoms with Gasteiger partial charge < -0.3 is 5.32 Å². The first-order valence-corrected chi connectivity index (χ1v) is 9.58. The van der Waals surface area contributed by atoms with E-state index in [-0.39, 0.29) is 17.3 Å². The summed E-state index contributed by atoms with van der Waals surface area (Å²) in [6, 6.07) is 2.88. The molecule has 0 bridgehead atoms. The zero-order valence-electron chi connectivity index (χ0n) is 16.9. The lowest BCUT2D eigenvalue weighted by atomic mass is 10.1. The van der Waals surface area contributed by atoms with Crippen LogP contribution in [-0.2, 0) is 13.0 Å². The monoisotopic (exact) mass is 409 g/mol. The number of rotatable bonds is 4. The fourth-order valence-electron chi connectivity index (χ4n) is 3.26. The summed E-state index contributed by atoms with van der Waals surface area (Å²) in [6.45, 7) is 6.88. The molecule has 154 valence electrons. The van der Waals surface area contributed by atoms with E-state index in [1.807, 2.05) is 0 Å². The van der Waals surface area contributed by atoms with Gasteiger partial charge in [0.2, 0.25) is 11.9 Å². The molecule has 3 heterocycles. The normalized spacial score (nSPS) is 13.0. The van der Waals surface area contributed by atoms with Gasteiger partial charge in [0.1, 0.15) is 17.2 Å². The molecular weight excluding hydrogens is 388 g/mol. The molecule has 4 rings (SSSR count). The van der Waals surface area contributed by atoms with E-state index in [4.69, 9.17) is 0 Å². The van der Waals surface area contributed by atoms with E-state index in [0.717, 1.165) is 42.7 Å². The second-order valence-electron chi connectivity index (χ2n) is 7.29. The summed E-state index contributed by atoms with van der Waals surface area (Å²) < 4.78 is 29.0. The van der Waals surface area contributed by atoms with Crippen LogP contribution in [0, 0.1) is 18.6 Å². The lowest BCUT2D eigenvalue weighted by Gasteiger charge is -2.16. The number of hydrogen-bond donors (Lipinski definition) is 2. The second kappa shape index (κ2) is 8.19. The van der Waals surface area contributed by atoms with Crippen molar-refractivity contribution in [3.63, 3.8) is 0 Å². The molecule has 9 heteroatoms.